The van der Waals surface area contributed by atoms with E-state index in [1.165, 1.54) is 49.9 Å². The second-order valence-corrected chi connectivity index (χ2v) is 6.86. The number of guanidine groups is 1. The normalized spacial score (nSPS) is 25.2. The van der Waals surface area contributed by atoms with Crippen LogP contribution in [0.2, 0.25) is 0 Å². The topological polar surface area (TPSA) is 27.6 Å². The third kappa shape index (κ3) is 3.45. The van der Waals surface area contributed by atoms with Crippen LogP contribution >= 0.6 is 0 Å². The van der Waals surface area contributed by atoms with Gasteiger partial charge in [-0.25, -0.2) is 0 Å². The van der Waals surface area contributed by atoms with Crippen molar-refractivity contribution in [2.24, 2.45) is 16.8 Å². The lowest BCUT2D eigenvalue weighted by Gasteiger charge is -2.22. The summed E-state index contributed by atoms with van der Waals surface area (Å²) in [4.78, 5) is 7.00. The number of fused-ring (bicyclic) bond motifs is 1. The van der Waals surface area contributed by atoms with E-state index in [2.05, 4.69) is 46.4 Å². The predicted molar refractivity (Wildman–Crippen MR) is 93.3 cm³/mol. The Morgan fingerprint density at radius 2 is 1.86 bits per heavy atom. The highest BCUT2D eigenvalue weighted by atomic mass is 15.3. The van der Waals surface area contributed by atoms with E-state index >= 15 is 0 Å². The monoisotopic (exact) mass is 299 g/mol. The van der Waals surface area contributed by atoms with Crippen LogP contribution < -0.4 is 5.32 Å². The molecule has 120 valence electrons. The van der Waals surface area contributed by atoms with Crippen molar-refractivity contribution in [1.82, 2.24) is 10.2 Å². The molecule has 1 saturated carbocycles. The van der Waals surface area contributed by atoms with Crippen molar-refractivity contribution in [3.05, 3.63) is 35.4 Å². The van der Waals surface area contributed by atoms with E-state index in [-0.39, 0.29) is 0 Å². The van der Waals surface area contributed by atoms with Gasteiger partial charge in [-0.2, -0.15) is 0 Å². The number of nitrogens with zero attached hydrogens (tertiary/aromatic N) is 2. The number of hydrogen-bond donors (Lipinski definition) is 1. The Balaban J connectivity index is 1.51. The zero-order chi connectivity index (χ0) is 15.4. The quantitative estimate of drug-likeness (QED) is 0.685. The number of aryl methyl sites for hydroxylation is 1. The average molecular weight is 299 g/mol. The molecule has 0 amide bonds. The van der Waals surface area contributed by atoms with Crippen molar-refractivity contribution >= 4 is 5.96 Å². The minimum atomic E-state index is 0.906. The van der Waals surface area contributed by atoms with Gasteiger partial charge in [0.05, 0.1) is 0 Å². The molecular weight excluding hydrogens is 270 g/mol. The molecule has 0 spiro atoms. The van der Waals surface area contributed by atoms with E-state index in [4.69, 9.17) is 0 Å². The summed E-state index contributed by atoms with van der Waals surface area (Å²) < 4.78 is 0. The molecule has 0 aromatic heterocycles. The molecule has 1 aliphatic carbocycles. The second-order valence-electron chi connectivity index (χ2n) is 6.86. The SMILES string of the molecule is CN=C(NCCc1ccccc1C)N1CC2CCCCC2C1. The van der Waals surface area contributed by atoms with E-state index in [0.717, 1.165) is 30.8 Å². The van der Waals surface area contributed by atoms with Crippen molar-refractivity contribution in [3.8, 4) is 0 Å². The lowest BCUT2D eigenvalue weighted by molar-refractivity contribution is 0.299. The lowest BCUT2D eigenvalue weighted by Crippen LogP contribution is -2.41. The minimum absolute atomic E-state index is 0.906. The van der Waals surface area contributed by atoms with Crippen LogP contribution in [0.15, 0.2) is 29.3 Å². The molecule has 3 nitrogen and oxygen atoms in total. The third-order valence-corrected chi connectivity index (χ3v) is 5.43. The third-order valence-electron chi connectivity index (χ3n) is 5.43. The fourth-order valence-electron chi connectivity index (χ4n) is 4.11. The Hall–Kier alpha value is -1.51. The van der Waals surface area contributed by atoms with Gasteiger partial charge in [0.2, 0.25) is 0 Å². The molecular formula is C19H29N3. The summed E-state index contributed by atoms with van der Waals surface area (Å²) in [5.41, 5.74) is 2.81. The molecule has 2 atom stereocenters. The number of benzene rings is 1. The summed E-state index contributed by atoms with van der Waals surface area (Å²) in [6.07, 6.45) is 6.75. The Kier molecular flexibility index (Phi) is 5.01. The standard InChI is InChI=1S/C19H29N3/c1-15-7-3-4-8-16(15)11-12-21-19(20-2)22-13-17-9-5-6-10-18(17)14-22/h3-4,7-8,17-18H,5-6,9-14H2,1-2H3,(H,20,21). The number of aliphatic imine (C=N–C) groups is 1. The van der Waals surface area contributed by atoms with Crippen molar-refractivity contribution in [2.75, 3.05) is 26.7 Å². The summed E-state index contributed by atoms with van der Waals surface area (Å²) in [5, 5.41) is 3.57. The van der Waals surface area contributed by atoms with Gasteiger partial charge in [-0.05, 0) is 49.1 Å². The van der Waals surface area contributed by atoms with Crippen LogP contribution in [0.3, 0.4) is 0 Å². The van der Waals surface area contributed by atoms with Gasteiger partial charge >= 0.3 is 0 Å². The highest BCUT2D eigenvalue weighted by Gasteiger charge is 2.35. The molecule has 1 N–H and O–H groups in total. The Labute approximate surface area is 134 Å². The fourth-order valence-corrected chi connectivity index (χ4v) is 4.11. The van der Waals surface area contributed by atoms with E-state index in [9.17, 15) is 0 Å². The summed E-state index contributed by atoms with van der Waals surface area (Å²) in [6.45, 7) is 5.56. The maximum atomic E-state index is 4.51. The summed E-state index contributed by atoms with van der Waals surface area (Å²) in [5.74, 6) is 2.91. The van der Waals surface area contributed by atoms with Crippen molar-refractivity contribution in [2.45, 2.75) is 39.0 Å². The molecule has 2 unspecified atom stereocenters. The first-order valence-corrected chi connectivity index (χ1v) is 8.78. The van der Waals surface area contributed by atoms with Crippen LogP contribution in [-0.4, -0.2) is 37.5 Å². The van der Waals surface area contributed by atoms with Gasteiger partial charge in [0.1, 0.15) is 0 Å². The zero-order valence-corrected chi connectivity index (χ0v) is 14.0. The first-order chi connectivity index (χ1) is 10.8. The van der Waals surface area contributed by atoms with Crippen LogP contribution in [0.1, 0.15) is 36.8 Å². The number of likely N-dealkylation sites (tertiary alicyclic amines) is 1. The maximum Gasteiger partial charge on any atom is 0.193 e. The molecule has 3 rings (SSSR count). The van der Waals surface area contributed by atoms with Gasteiger partial charge in [-0.1, -0.05) is 37.1 Å². The van der Waals surface area contributed by atoms with Gasteiger partial charge in [0.15, 0.2) is 5.96 Å². The van der Waals surface area contributed by atoms with Crippen molar-refractivity contribution < 1.29 is 0 Å². The van der Waals surface area contributed by atoms with E-state index < -0.39 is 0 Å². The molecule has 1 heterocycles. The molecule has 2 aliphatic rings. The highest BCUT2D eigenvalue weighted by Crippen LogP contribution is 2.35. The first-order valence-electron chi connectivity index (χ1n) is 8.78. The van der Waals surface area contributed by atoms with Gasteiger partial charge in [-0.3, -0.25) is 4.99 Å². The molecule has 0 bridgehead atoms. The number of hydrogen-bond acceptors (Lipinski definition) is 1. The van der Waals surface area contributed by atoms with Crippen molar-refractivity contribution in [1.29, 1.82) is 0 Å². The number of nitrogens with one attached hydrogen (secondary N) is 1. The summed E-state index contributed by atoms with van der Waals surface area (Å²) in [6, 6.07) is 8.65. The molecule has 22 heavy (non-hydrogen) atoms. The van der Waals surface area contributed by atoms with Crippen molar-refractivity contribution in [3.63, 3.8) is 0 Å². The molecule has 3 heteroatoms. The van der Waals surface area contributed by atoms with Crippen LogP contribution in [0.25, 0.3) is 0 Å². The van der Waals surface area contributed by atoms with Gasteiger partial charge < -0.3 is 10.2 Å². The Morgan fingerprint density at radius 1 is 1.18 bits per heavy atom. The van der Waals surface area contributed by atoms with E-state index in [0.29, 0.717) is 0 Å². The zero-order valence-electron chi connectivity index (χ0n) is 14.0. The summed E-state index contributed by atoms with van der Waals surface area (Å²) >= 11 is 0. The van der Waals surface area contributed by atoms with E-state index in [1.54, 1.807) is 0 Å². The van der Waals surface area contributed by atoms with E-state index in [1.807, 2.05) is 7.05 Å². The largest absolute Gasteiger partial charge is 0.356 e. The second kappa shape index (κ2) is 7.17. The van der Waals surface area contributed by atoms with Gasteiger partial charge in [0, 0.05) is 26.7 Å². The van der Waals surface area contributed by atoms with Crippen LogP contribution in [0.4, 0.5) is 0 Å². The highest BCUT2D eigenvalue weighted by molar-refractivity contribution is 5.80. The molecule has 1 aliphatic heterocycles. The van der Waals surface area contributed by atoms with Gasteiger partial charge in [0.25, 0.3) is 0 Å². The Bertz CT molecular complexity index is 509. The van der Waals surface area contributed by atoms with Crippen LogP contribution in [0.5, 0.6) is 0 Å². The predicted octanol–water partition coefficient (Wildman–Crippen LogP) is 3.23. The lowest BCUT2D eigenvalue weighted by atomic mass is 9.82. The fraction of sp³-hybridized carbons (Fsp3) is 0.632. The smallest absolute Gasteiger partial charge is 0.193 e. The molecule has 2 fully saturated rings. The number of rotatable bonds is 3. The Morgan fingerprint density at radius 3 is 2.50 bits per heavy atom. The summed E-state index contributed by atoms with van der Waals surface area (Å²) in [7, 11) is 1.91. The molecule has 0 radical (unpaired) electrons. The molecule has 1 saturated heterocycles. The first kappa shape index (κ1) is 15.4. The van der Waals surface area contributed by atoms with Crippen LogP contribution in [-0.2, 0) is 6.42 Å². The van der Waals surface area contributed by atoms with Gasteiger partial charge in [-0.15, -0.1) is 0 Å². The average Bonchev–Trinajstić information content (AvgIpc) is 2.97. The molecule has 1 aromatic rings. The van der Waals surface area contributed by atoms with Crippen LogP contribution in [0, 0.1) is 18.8 Å². The minimum Gasteiger partial charge on any atom is -0.356 e. The molecule has 1 aromatic carbocycles. The maximum absolute atomic E-state index is 4.51.